The summed E-state index contributed by atoms with van der Waals surface area (Å²) in [6, 6.07) is 7.18. The van der Waals surface area contributed by atoms with Crippen LogP contribution in [0.4, 0.5) is 0 Å². The Morgan fingerprint density at radius 1 is 1.29 bits per heavy atom. The van der Waals surface area contributed by atoms with Crippen molar-refractivity contribution in [2.24, 2.45) is 5.41 Å². The molecule has 0 fully saturated rings. The van der Waals surface area contributed by atoms with Crippen LogP contribution < -0.4 is 0 Å². The number of rotatable bonds is 4. The van der Waals surface area contributed by atoms with Gasteiger partial charge in [0.2, 0.25) is 5.78 Å². The second-order valence-corrected chi connectivity index (χ2v) is 5.30. The number of benzene rings is 1. The lowest BCUT2D eigenvalue weighted by Gasteiger charge is -2.18. The largest absolute Gasteiger partial charge is 0.295 e. The average Bonchev–Trinajstić information content (AvgIpc) is 2.15. The van der Waals surface area contributed by atoms with Crippen molar-refractivity contribution >= 4 is 5.78 Å². The van der Waals surface area contributed by atoms with E-state index < -0.39 is 11.0 Å². The molecule has 1 aromatic carbocycles. The quantitative estimate of drug-likeness (QED) is 0.595. The number of hydrogen-bond donors (Lipinski definition) is 0. The molecule has 0 N–H and O–H groups in total. The van der Waals surface area contributed by atoms with Gasteiger partial charge in [0.25, 0.3) is 6.04 Å². The van der Waals surface area contributed by atoms with Gasteiger partial charge in [-0.1, -0.05) is 51.1 Å². The highest BCUT2D eigenvalue weighted by Gasteiger charge is 2.33. The maximum atomic E-state index is 12.0. The van der Waals surface area contributed by atoms with Gasteiger partial charge in [-0.05, 0) is 5.41 Å². The van der Waals surface area contributed by atoms with Crippen molar-refractivity contribution in [3.8, 4) is 0 Å². The summed E-state index contributed by atoms with van der Waals surface area (Å²) in [6.07, 6.45) is 0.202. The number of nitrogens with zero attached hydrogens (tertiary/aromatic N) is 1. The van der Waals surface area contributed by atoms with Gasteiger partial charge in [-0.25, -0.2) is 0 Å². The molecule has 0 aliphatic carbocycles. The van der Waals surface area contributed by atoms with Gasteiger partial charge in [0, 0.05) is 16.9 Å². The molecule has 1 aromatic rings. The Morgan fingerprint density at radius 2 is 1.82 bits per heavy atom. The minimum absolute atomic E-state index is 0.202. The van der Waals surface area contributed by atoms with Crippen LogP contribution in [0.25, 0.3) is 0 Å². The molecule has 0 aliphatic rings. The highest BCUT2D eigenvalue weighted by atomic mass is 16.6. The molecular formula is C13H17NO3. The van der Waals surface area contributed by atoms with Gasteiger partial charge in [-0.3, -0.25) is 14.9 Å². The lowest BCUT2D eigenvalue weighted by Crippen LogP contribution is -2.25. The maximum absolute atomic E-state index is 12.0. The van der Waals surface area contributed by atoms with Crippen LogP contribution in [0.3, 0.4) is 0 Å². The molecule has 0 bridgehead atoms. The normalized spacial score (nSPS) is 13.1. The van der Waals surface area contributed by atoms with Crippen molar-refractivity contribution in [3.63, 3.8) is 0 Å². The van der Waals surface area contributed by atoms with Crippen LogP contribution in [0.5, 0.6) is 0 Å². The number of nitro groups is 1. The van der Waals surface area contributed by atoms with E-state index in [1.807, 2.05) is 20.8 Å². The lowest BCUT2D eigenvalue weighted by atomic mass is 9.86. The monoisotopic (exact) mass is 235 g/mol. The zero-order chi connectivity index (χ0) is 13.1. The molecule has 0 spiro atoms. The average molecular weight is 235 g/mol. The predicted molar refractivity (Wildman–Crippen MR) is 65.3 cm³/mol. The summed E-state index contributed by atoms with van der Waals surface area (Å²) < 4.78 is 0. The van der Waals surface area contributed by atoms with Crippen molar-refractivity contribution in [2.45, 2.75) is 33.2 Å². The van der Waals surface area contributed by atoms with E-state index in [4.69, 9.17) is 0 Å². The second-order valence-electron chi connectivity index (χ2n) is 5.30. The summed E-state index contributed by atoms with van der Waals surface area (Å²) >= 11 is 0. The molecule has 17 heavy (non-hydrogen) atoms. The topological polar surface area (TPSA) is 60.2 Å². The van der Waals surface area contributed by atoms with E-state index >= 15 is 0 Å². The smallest absolute Gasteiger partial charge is 0.292 e. The van der Waals surface area contributed by atoms with Crippen molar-refractivity contribution in [2.75, 3.05) is 0 Å². The van der Waals surface area contributed by atoms with E-state index in [2.05, 4.69) is 0 Å². The Labute approximate surface area is 101 Å². The standard InChI is InChI=1S/C13H17NO3/c1-13(2,3)9-11(15)12(14(16)17)10-7-5-4-6-8-10/h4-8,12H,9H2,1-3H3. The molecule has 0 radical (unpaired) electrons. The predicted octanol–water partition coefficient (Wildman–Crippen LogP) is 3.01. The van der Waals surface area contributed by atoms with E-state index in [-0.39, 0.29) is 17.6 Å². The van der Waals surface area contributed by atoms with Crippen LogP contribution in [0, 0.1) is 15.5 Å². The highest BCUT2D eigenvalue weighted by Crippen LogP contribution is 2.26. The van der Waals surface area contributed by atoms with E-state index in [0.29, 0.717) is 5.56 Å². The van der Waals surface area contributed by atoms with Crippen LogP contribution in [0.2, 0.25) is 0 Å². The minimum atomic E-state index is -1.24. The number of ketones is 1. The van der Waals surface area contributed by atoms with Crippen LogP contribution in [0.15, 0.2) is 30.3 Å². The third-order valence-corrected chi connectivity index (χ3v) is 2.34. The molecular weight excluding hydrogens is 218 g/mol. The summed E-state index contributed by atoms with van der Waals surface area (Å²) in [6.45, 7) is 5.69. The van der Waals surface area contributed by atoms with Crippen molar-refractivity contribution in [1.29, 1.82) is 0 Å². The van der Waals surface area contributed by atoms with E-state index in [1.54, 1.807) is 30.3 Å². The van der Waals surface area contributed by atoms with Gasteiger partial charge in [0.15, 0.2) is 0 Å². The van der Waals surface area contributed by atoms with E-state index in [0.717, 1.165) is 0 Å². The molecule has 0 saturated heterocycles. The van der Waals surface area contributed by atoms with Crippen molar-refractivity contribution in [3.05, 3.63) is 46.0 Å². The lowest BCUT2D eigenvalue weighted by molar-refractivity contribution is -0.513. The fraction of sp³-hybridized carbons (Fsp3) is 0.462. The first-order valence-electron chi connectivity index (χ1n) is 5.52. The molecule has 1 rings (SSSR count). The van der Waals surface area contributed by atoms with Gasteiger partial charge in [-0.2, -0.15) is 0 Å². The van der Waals surface area contributed by atoms with Gasteiger partial charge in [0.1, 0.15) is 0 Å². The van der Waals surface area contributed by atoms with E-state index in [1.165, 1.54) is 0 Å². The molecule has 0 heterocycles. The Hall–Kier alpha value is -1.71. The minimum Gasteiger partial charge on any atom is -0.292 e. The Balaban J connectivity index is 2.96. The zero-order valence-corrected chi connectivity index (χ0v) is 10.3. The maximum Gasteiger partial charge on any atom is 0.295 e. The van der Waals surface area contributed by atoms with Crippen LogP contribution in [0.1, 0.15) is 38.8 Å². The van der Waals surface area contributed by atoms with Crippen LogP contribution in [-0.2, 0) is 4.79 Å². The molecule has 0 aromatic heterocycles. The molecule has 92 valence electrons. The molecule has 0 amide bonds. The summed E-state index contributed by atoms with van der Waals surface area (Å²) in [7, 11) is 0. The summed E-state index contributed by atoms with van der Waals surface area (Å²) in [5, 5.41) is 11.0. The molecule has 4 heteroatoms. The third kappa shape index (κ3) is 3.98. The molecule has 1 unspecified atom stereocenters. The number of carbonyl (C=O) groups is 1. The Kier molecular flexibility index (Phi) is 3.99. The molecule has 4 nitrogen and oxygen atoms in total. The Bertz CT molecular complexity index is 406. The third-order valence-electron chi connectivity index (χ3n) is 2.34. The number of carbonyl (C=O) groups excluding carboxylic acids is 1. The number of hydrogen-bond acceptors (Lipinski definition) is 3. The summed E-state index contributed by atoms with van der Waals surface area (Å²) in [4.78, 5) is 22.5. The second kappa shape index (κ2) is 5.08. The zero-order valence-electron chi connectivity index (χ0n) is 10.3. The summed E-state index contributed by atoms with van der Waals surface area (Å²) in [5.41, 5.74) is 0.215. The van der Waals surface area contributed by atoms with Crippen LogP contribution >= 0.6 is 0 Å². The molecule has 0 aliphatic heterocycles. The van der Waals surface area contributed by atoms with E-state index in [9.17, 15) is 14.9 Å². The number of Topliss-reactive ketones (excluding diaryl/α,β-unsaturated/α-hetero) is 1. The van der Waals surface area contributed by atoms with Gasteiger partial charge in [0.05, 0.1) is 0 Å². The fourth-order valence-corrected chi connectivity index (χ4v) is 1.68. The van der Waals surface area contributed by atoms with Gasteiger partial charge in [-0.15, -0.1) is 0 Å². The SMILES string of the molecule is CC(C)(C)CC(=O)C(c1ccccc1)[N+](=O)[O-]. The van der Waals surface area contributed by atoms with Gasteiger partial charge < -0.3 is 0 Å². The summed E-state index contributed by atoms with van der Waals surface area (Å²) in [5.74, 6) is -0.339. The fourth-order valence-electron chi connectivity index (χ4n) is 1.68. The first kappa shape index (κ1) is 13.4. The molecule has 0 saturated carbocycles. The van der Waals surface area contributed by atoms with Crippen molar-refractivity contribution in [1.82, 2.24) is 0 Å². The molecule has 1 atom stereocenters. The highest BCUT2D eigenvalue weighted by molar-refractivity contribution is 5.84. The van der Waals surface area contributed by atoms with Crippen LogP contribution in [-0.4, -0.2) is 10.7 Å². The van der Waals surface area contributed by atoms with Gasteiger partial charge >= 0.3 is 0 Å². The Morgan fingerprint density at radius 3 is 2.24 bits per heavy atom. The first-order chi connectivity index (χ1) is 7.81. The first-order valence-corrected chi connectivity index (χ1v) is 5.52. The van der Waals surface area contributed by atoms with Crippen molar-refractivity contribution < 1.29 is 9.72 Å².